The third-order valence-corrected chi connectivity index (χ3v) is 4.03. The number of nitrogens with one attached hydrogen (secondary N) is 1. The molecule has 0 radical (unpaired) electrons. The fourth-order valence-electron chi connectivity index (χ4n) is 3.00. The standard InChI is InChI=1S/C15H23N/c1-3-16-15-10-9-14(12(15)2)11-13-7-5-4-6-8-13/h4-8,12,14-16H,3,9-11H2,1-2H3. The summed E-state index contributed by atoms with van der Waals surface area (Å²) >= 11 is 0. The normalized spacial score (nSPS) is 29.5. The van der Waals surface area contributed by atoms with Crippen LogP contribution < -0.4 is 5.32 Å². The van der Waals surface area contributed by atoms with Gasteiger partial charge in [-0.15, -0.1) is 0 Å². The van der Waals surface area contributed by atoms with E-state index in [2.05, 4.69) is 49.5 Å². The zero-order valence-corrected chi connectivity index (χ0v) is 10.4. The zero-order chi connectivity index (χ0) is 11.4. The molecule has 3 unspecified atom stereocenters. The summed E-state index contributed by atoms with van der Waals surface area (Å²) in [5.41, 5.74) is 1.50. The second-order valence-corrected chi connectivity index (χ2v) is 5.05. The van der Waals surface area contributed by atoms with Gasteiger partial charge in [-0.1, -0.05) is 44.2 Å². The van der Waals surface area contributed by atoms with E-state index in [1.165, 1.54) is 24.8 Å². The summed E-state index contributed by atoms with van der Waals surface area (Å²) in [5.74, 6) is 1.69. The molecule has 1 fully saturated rings. The fourth-order valence-corrected chi connectivity index (χ4v) is 3.00. The molecule has 0 heterocycles. The van der Waals surface area contributed by atoms with Gasteiger partial charge in [0.05, 0.1) is 0 Å². The minimum absolute atomic E-state index is 0.749. The van der Waals surface area contributed by atoms with Crippen LogP contribution in [-0.2, 0) is 6.42 Å². The van der Waals surface area contributed by atoms with Crippen LogP contribution in [0.2, 0.25) is 0 Å². The largest absolute Gasteiger partial charge is 0.314 e. The Balaban J connectivity index is 1.92. The minimum atomic E-state index is 0.749. The highest BCUT2D eigenvalue weighted by Gasteiger charge is 2.31. The van der Waals surface area contributed by atoms with Crippen molar-refractivity contribution in [1.82, 2.24) is 5.32 Å². The summed E-state index contributed by atoms with van der Waals surface area (Å²) in [4.78, 5) is 0. The van der Waals surface area contributed by atoms with Crippen molar-refractivity contribution in [2.75, 3.05) is 6.54 Å². The quantitative estimate of drug-likeness (QED) is 0.816. The first-order chi connectivity index (χ1) is 7.81. The predicted octanol–water partition coefficient (Wildman–Crippen LogP) is 3.25. The molecular formula is C15H23N. The summed E-state index contributed by atoms with van der Waals surface area (Å²) < 4.78 is 0. The van der Waals surface area contributed by atoms with Crippen LogP contribution in [0.1, 0.15) is 32.3 Å². The molecule has 0 saturated heterocycles. The molecule has 16 heavy (non-hydrogen) atoms. The predicted molar refractivity (Wildman–Crippen MR) is 69.5 cm³/mol. The lowest BCUT2D eigenvalue weighted by Crippen LogP contribution is -2.32. The molecule has 88 valence electrons. The molecule has 2 rings (SSSR count). The molecule has 1 aromatic carbocycles. The van der Waals surface area contributed by atoms with Crippen LogP contribution >= 0.6 is 0 Å². The summed E-state index contributed by atoms with van der Waals surface area (Å²) in [6.45, 7) is 5.72. The summed E-state index contributed by atoms with van der Waals surface area (Å²) in [7, 11) is 0. The molecule has 1 aliphatic rings. The zero-order valence-electron chi connectivity index (χ0n) is 10.4. The van der Waals surface area contributed by atoms with Crippen molar-refractivity contribution in [1.29, 1.82) is 0 Å². The van der Waals surface area contributed by atoms with Crippen LogP contribution in [0, 0.1) is 11.8 Å². The van der Waals surface area contributed by atoms with Gasteiger partial charge in [0.25, 0.3) is 0 Å². The highest BCUT2D eigenvalue weighted by Crippen LogP contribution is 2.34. The van der Waals surface area contributed by atoms with E-state index in [9.17, 15) is 0 Å². The smallest absolute Gasteiger partial charge is 0.00954 e. The SMILES string of the molecule is CCNC1CCC(Cc2ccccc2)C1C. The number of hydrogen-bond donors (Lipinski definition) is 1. The van der Waals surface area contributed by atoms with E-state index in [0.717, 1.165) is 24.4 Å². The second-order valence-electron chi connectivity index (χ2n) is 5.05. The van der Waals surface area contributed by atoms with Crippen molar-refractivity contribution in [3.05, 3.63) is 35.9 Å². The number of rotatable bonds is 4. The van der Waals surface area contributed by atoms with Crippen molar-refractivity contribution in [3.8, 4) is 0 Å². The van der Waals surface area contributed by atoms with Crippen molar-refractivity contribution in [2.24, 2.45) is 11.8 Å². The molecule has 1 nitrogen and oxygen atoms in total. The number of benzene rings is 1. The molecule has 0 amide bonds. The van der Waals surface area contributed by atoms with E-state index in [1.54, 1.807) is 0 Å². The summed E-state index contributed by atoms with van der Waals surface area (Å²) in [5, 5.41) is 3.61. The van der Waals surface area contributed by atoms with Gasteiger partial charge in [-0.3, -0.25) is 0 Å². The molecule has 1 N–H and O–H groups in total. The van der Waals surface area contributed by atoms with Crippen LogP contribution in [0.15, 0.2) is 30.3 Å². The van der Waals surface area contributed by atoms with Crippen molar-refractivity contribution in [3.63, 3.8) is 0 Å². The van der Waals surface area contributed by atoms with Gasteiger partial charge in [0.2, 0.25) is 0 Å². The lowest BCUT2D eigenvalue weighted by molar-refractivity contribution is 0.355. The lowest BCUT2D eigenvalue weighted by atomic mass is 9.89. The van der Waals surface area contributed by atoms with Gasteiger partial charge >= 0.3 is 0 Å². The van der Waals surface area contributed by atoms with Gasteiger partial charge in [0.1, 0.15) is 0 Å². The first-order valence-corrected chi connectivity index (χ1v) is 6.58. The topological polar surface area (TPSA) is 12.0 Å². The average Bonchev–Trinajstić information content (AvgIpc) is 2.64. The minimum Gasteiger partial charge on any atom is -0.314 e. The first kappa shape index (κ1) is 11.7. The molecule has 1 aliphatic carbocycles. The van der Waals surface area contributed by atoms with Crippen LogP contribution in [0.4, 0.5) is 0 Å². The van der Waals surface area contributed by atoms with Gasteiger partial charge in [0, 0.05) is 6.04 Å². The maximum absolute atomic E-state index is 3.61. The Morgan fingerprint density at radius 2 is 1.94 bits per heavy atom. The van der Waals surface area contributed by atoms with Crippen molar-refractivity contribution >= 4 is 0 Å². The maximum atomic E-state index is 3.61. The van der Waals surface area contributed by atoms with Crippen LogP contribution in [-0.4, -0.2) is 12.6 Å². The highest BCUT2D eigenvalue weighted by atomic mass is 14.9. The lowest BCUT2D eigenvalue weighted by Gasteiger charge is -2.21. The summed E-state index contributed by atoms with van der Waals surface area (Å²) in [6.07, 6.45) is 3.99. The molecule has 1 saturated carbocycles. The monoisotopic (exact) mass is 217 g/mol. The molecule has 3 atom stereocenters. The Kier molecular flexibility index (Phi) is 4.00. The average molecular weight is 217 g/mol. The van der Waals surface area contributed by atoms with Crippen LogP contribution in [0.5, 0.6) is 0 Å². The Morgan fingerprint density at radius 1 is 1.19 bits per heavy atom. The second kappa shape index (κ2) is 5.49. The Labute approximate surface area is 99.3 Å². The Bertz CT molecular complexity index is 306. The van der Waals surface area contributed by atoms with Gasteiger partial charge in [0.15, 0.2) is 0 Å². The van der Waals surface area contributed by atoms with E-state index in [4.69, 9.17) is 0 Å². The van der Waals surface area contributed by atoms with Crippen molar-refractivity contribution in [2.45, 2.75) is 39.2 Å². The Hall–Kier alpha value is -0.820. The van der Waals surface area contributed by atoms with Gasteiger partial charge in [-0.2, -0.15) is 0 Å². The third-order valence-electron chi connectivity index (χ3n) is 4.03. The third kappa shape index (κ3) is 2.65. The number of hydrogen-bond acceptors (Lipinski definition) is 1. The highest BCUT2D eigenvalue weighted by molar-refractivity contribution is 5.16. The summed E-state index contributed by atoms with van der Waals surface area (Å²) in [6, 6.07) is 11.7. The van der Waals surface area contributed by atoms with Crippen molar-refractivity contribution < 1.29 is 0 Å². The maximum Gasteiger partial charge on any atom is 0.00954 e. The van der Waals surface area contributed by atoms with Gasteiger partial charge in [-0.05, 0) is 43.2 Å². The van der Waals surface area contributed by atoms with E-state index < -0.39 is 0 Å². The molecule has 0 spiro atoms. The molecule has 0 aliphatic heterocycles. The first-order valence-electron chi connectivity index (χ1n) is 6.58. The van der Waals surface area contributed by atoms with E-state index in [-0.39, 0.29) is 0 Å². The Morgan fingerprint density at radius 3 is 2.62 bits per heavy atom. The molecule has 1 aromatic rings. The molecule has 0 aromatic heterocycles. The fraction of sp³-hybridized carbons (Fsp3) is 0.600. The van der Waals surface area contributed by atoms with Gasteiger partial charge in [-0.25, -0.2) is 0 Å². The van der Waals surface area contributed by atoms with Crippen LogP contribution in [0.25, 0.3) is 0 Å². The molecule has 1 heteroatoms. The van der Waals surface area contributed by atoms with E-state index in [0.29, 0.717) is 0 Å². The van der Waals surface area contributed by atoms with E-state index >= 15 is 0 Å². The molecule has 0 bridgehead atoms. The van der Waals surface area contributed by atoms with E-state index in [1.807, 2.05) is 0 Å². The van der Waals surface area contributed by atoms with Gasteiger partial charge < -0.3 is 5.32 Å². The molecular weight excluding hydrogens is 194 g/mol. The van der Waals surface area contributed by atoms with Crippen LogP contribution in [0.3, 0.4) is 0 Å².